The summed E-state index contributed by atoms with van der Waals surface area (Å²) in [5.41, 5.74) is 1.01. The van der Waals surface area contributed by atoms with Crippen molar-refractivity contribution in [1.82, 2.24) is 0 Å². The van der Waals surface area contributed by atoms with Crippen molar-refractivity contribution in [2.45, 2.75) is 51.9 Å². The van der Waals surface area contributed by atoms with Gasteiger partial charge in [0.05, 0.1) is 10.7 Å². The standard InChI is InChI=1S/C17H21ClFNO/c1-12-10-15(13(18)11-14(12)19)20-9-5-8-17(16(20)21)6-3-2-4-7-17/h10-11H,2-9H2,1H3. The van der Waals surface area contributed by atoms with Crippen LogP contribution >= 0.6 is 11.6 Å². The molecule has 0 N–H and O–H groups in total. The van der Waals surface area contributed by atoms with E-state index in [1.807, 2.05) is 0 Å². The second-order valence-corrected chi connectivity index (χ2v) is 6.86. The third-order valence-electron chi connectivity index (χ3n) is 5.07. The number of anilines is 1. The normalized spacial score (nSPS) is 21.9. The van der Waals surface area contributed by atoms with Gasteiger partial charge in [-0.25, -0.2) is 4.39 Å². The molecule has 0 bridgehead atoms. The lowest BCUT2D eigenvalue weighted by Gasteiger charge is -2.44. The van der Waals surface area contributed by atoms with Crippen molar-refractivity contribution in [1.29, 1.82) is 0 Å². The van der Waals surface area contributed by atoms with Crippen LogP contribution in [0.5, 0.6) is 0 Å². The number of aryl methyl sites for hydroxylation is 1. The third kappa shape index (κ3) is 2.57. The summed E-state index contributed by atoms with van der Waals surface area (Å²) < 4.78 is 13.6. The molecular formula is C17H21ClFNO. The van der Waals surface area contributed by atoms with Crippen LogP contribution in [0.4, 0.5) is 10.1 Å². The fourth-order valence-corrected chi connectivity index (χ4v) is 4.09. The zero-order chi connectivity index (χ0) is 15.0. The second-order valence-electron chi connectivity index (χ2n) is 6.45. The Morgan fingerprint density at radius 2 is 1.81 bits per heavy atom. The van der Waals surface area contributed by atoms with E-state index in [9.17, 15) is 9.18 Å². The Bertz CT molecular complexity index is 561. The molecule has 114 valence electrons. The Hall–Kier alpha value is -1.09. The summed E-state index contributed by atoms with van der Waals surface area (Å²) in [4.78, 5) is 14.8. The molecule has 1 aromatic rings. The number of carbonyl (C=O) groups is 1. The number of hydrogen-bond acceptors (Lipinski definition) is 1. The van der Waals surface area contributed by atoms with Gasteiger partial charge in [-0.1, -0.05) is 30.9 Å². The predicted molar refractivity (Wildman–Crippen MR) is 83.3 cm³/mol. The van der Waals surface area contributed by atoms with Gasteiger partial charge in [-0.05, 0) is 50.3 Å². The molecule has 0 atom stereocenters. The van der Waals surface area contributed by atoms with Gasteiger partial charge in [-0.3, -0.25) is 4.79 Å². The fraction of sp³-hybridized carbons (Fsp3) is 0.588. The molecule has 3 rings (SSSR count). The van der Waals surface area contributed by atoms with E-state index in [0.29, 0.717) is 22.8 Å². The van der Waals surface area contributed by atoms with E-state index < -0.39 is 0 Å². The molecule has 1 heterocycles. The van der Waals surface area contributed by atoms with Crippen molar-refractivity contribution < 1.29 is 9.18 Å². The van der Waals surface area contributed by atoms with Crippen LogP contribution in [0.25, 0.3) is 0 Å². The number of hydrogen-bond donors (Lipinski definition) is 0. The van der Waals surface area contributed by atoms with Crippen LogP contribution in [0, 0.1) is 18.2 Å². The van der Waals surface area contributed by atoms with Gasteiger partial charge in [0.1, 0.15) is 5.82 Å². The maximum Gasteiger partial charge on any atom is 0.233 e. The van der Waals surface area contributed by atoms with E-state index in [4.69, 9.17) is 11.6 Å². The van der Waals surface area contributed by atoms with Crippen LogP contribution in [-0.4, -0.2) is 12.5 Å². The number of rotatable bonds is 1. The van der Waals surface area contributed by atoms with Gasteiger partial charge < -0.3 is 4.90 Å². The molecule has 1 saturated heterocycles. The Labute approximate surface area is 130 Å². The lowest BCUT2D eigenvalue weighted by atomic mass is 9.68. The number of benzene rings is 1. The molecule has 0 unspecified atom stereocenters. The van der Waals surface area contributed by atoms with Crippen LogP contribution in [0.15, 0.2) is 12.1 Å². The molecule has 1 aliphatic carbocycles. The molecule has 2 fully saturated rings. The lowest BCUT2D eigenvalue weighted by Crippen LogP contribution is -2.50. The first-order valence-corrected chi connectivity index (χ1v) is 8.19. The number of halogens is 2. The van der Waals surface area contributed by atoms with Crippen molar-refractivity contribution in [3.63, 3.8) is 0 Å². The molecule has 2 nitrogen and oxygen atoms in total. The van der Waals surface area contributed by atoms with Gasteiger partial charge in [-0.2, -0.15) is 0 Å². The molecule has 1 spiro atoms. The SMILES string of the molecule is Cc1cc(N2CCCC3(CCCCC3)C2=O)c(Cl)cc1F. The summed E-state index contributed by atoms with van der Waals surface area (Å²) >= 11 is 6.19. The highest BCUT2D eigenvalue weighted by Gasteiger charge is 2.44. The molecule has 1 aromatic carbocycles. The van der Waals surface area contributed by atoms with Crippen LogP contribution in [0.1, 0.15) is 50.5 Å². The maximum absolute atomic E-state index is 13.6. The number of amides is 1. The van der Waals surface area contributed by atoms with Gasteiger partial charge >= 0.3 is 0 Å². The van der Waals surface area contributed by atoms with Gasteiger partial charge in [-0.15, -0.1) is 0 Å². The van der Waals surface area contributed by atoms with Crippen molar-refractivity contribution in [2.75, 3.05) is 11.4 Å². The topological polar surface area (TPSA) is 20.3 Å². The first-order chi connectivity index (χ1) is 10.0. The summed E-state index contributed by atoms with van der Waals surface area (Å²) in [6.45, 7) is 2.39. The second kappa shape index (κ2) is 5.60. The molecule has 0 aromatic heterocycles. The largest absolute Gasteiger partial charge is 0.310 e. The Kier molecular flexibility index (Phi) is 3.96. The average Bonchev–Trinajstić information content (AvgIpc) is 2.47. The van der Waals surface area contributed by atoms with Gasteiger partial charge in [0.15, 0.2) is 0 Å². The van der Waals surface area contributed by atoms with Gasteiger partial charge in [0, 0.05) is 12.0 Å². The Morgan fingerprint density at radius 1 is 1.14 bits per heavy atom. The number of carbonyl (C=O) groups excluding carboxylic acids is 1. The minimum Gasteiger partial charge on any atom is -0.310 e. The van der Waals surface area contributed by atoms with Gasteiger partial charge in [0.25, 0.3) is 0 Å². The maximum atomic E-state index is 13.6. The predicted octanol–water partition coefficient (Wildman–Crippen LogP) is 4.86. The molecule has 4 heteroatoms. The van der Waals surface area contributed by atoms with E-state index >= 15 is 0 Å². The van der Waals surface area contributed by atoms with Crippen LogP contribution < -0.4 is 4.90 Å². The highest BCUT2D eigenvalue weighted by molar-refractivity contribution is 6.34. The van der Waals surface area contributed by atoms with E-state index in [1.165, 1.54) is 12.5 Å². The van der Waals surface area contributed by atoms with Crippen molar-refractivity contribution in [2.24, 2.45) is 5.41 Å². The lowest BCUT2D eigenvalue weighted by molar-refractivity contribution is -0.132. The van der Waals surface area contributed by atoms with Crippen LogP contribution in [-0.2, 0) is 4.79 Å². The summed E-state index contributed by atoms with van der Waals surface area (Å²) in [5, 5.41) is 0.333. The smallest absolute Gasteiger partial charge is 0.233 e. The van der Waals surface area contributed by atoms with Crippen molar-refractivity contribution >= 4 is 23.2 Å². The van der Waals surface area contributed by atoms with Crippen LogP contribution in [0.2, 0.25) is 5.02 Å². The average molecular weight is 310 g/mol. The highest BCUT2D eigenvalue weighted by atomic mass is 35.5. The van der Waals surface area contributed by atoms with Crippen molar-refractivity contribution in [3.8, 4) is 0 Å². The summed E-state index contributed by atoms with van der Waals surface area (Å²) in [6.07, 6.45) is 7.45. The van der Waals surface area contributed by atoms with E-state index in [0.717, 1.165) is 38.5 Å². The monoisotopic (exact) mass is 309 g/mol. The molecule has 0 radical (unpaired) electrons. The highest BCUT2D eigenvalue weighted by Crippen LogP contribution is 2.46. The van der Waals surface area contributed by atoms with Gasteiger partial charge in [0.2, 0.25) is 5.91 Å². The number of nitrogens with zero attached hydrogens (tertiary/aromatic N) is 1. The minimum absolute atomic E-state index is 0.192. The van der Waals surface area contributed by atoms with Crippen molar-refractivity contribution in [3.05, 3.63) is 28.5 Å². The molecule has 1 aliphatic heterocycles. The first kappa shape index (κ1) is 14.8. The minimum atomic E-state index is -0.319. The molecule has 1 amide bonds. The van der Waals surface area contributed by atoms with E-state index in [-0.39, 0.29) is 17.1 Å². The molecule has 1 saturated carbocycles. The summed E-state index contributed by atoms with van der Waals surface area (Å²) in [5.74, 6) is -0.123. The summed E-state index contributed by atoms with van der Waals surface area (Å²) in [7, 11) is 0. The Balaban J connectivity index is 1.95. The van der Waals surface area contributed by atoms with E-state index in [2.05, 4.69) is 0 Å². The van der Waals surface area contributed by atoms with E-state index in [1.54, 1.807) is 17.9 Å². The Morgan fingerprint density at radius 3 is 2.52 bits per heavy atom. The molecular weight excluding hydrogens is 289 g/mol. The zero-order valence-corrected chi connectivity index (χ0v) is 13.2. The molecule has 21 heavy (non-hydrogen) atoms. The quantitative estimate of drug-likeness (QED) is 0.725. The first-order valence-electron chi connectivity index (χ1n) is 7.81. The summed E-state index contributed by atoms with van der Waals surface area (Å²) in [6, 6.07) is 3.03. The molecule has 2 aliphatic rings. The number of piperidine rings is 1. The fourth-order valence-electron chi connectivity index (χ4n) is 3.84. The zero-order valence-electron chi connectivity index (χ0n) is 12.4. The third-order valence-corrected chi connectivity index (χ3v) is 5.37. The van der Waals surface area contributed by atoms with Crippen LogP contribution in [0.3, 0.4) is 0 Å².